The molecule has 0 aliphatic heterocycles. The summed E-state index contributed by atoms with van der Waals surface area (Å²) in [6, 6.07) is 2.49. The average molecular weight is 282 g/mol. The van der Waals surface area contributed by atoms with Crippen LogP contribution in [0.15, 0.2) is 18.2 Å². The van der Waals surface area contributed by atoms with Crippen LogP contribution in [0.25, 0.3) is 0 Å². The lowest BCUT2D eigenvalue weighted by molar-refractivity contribution is -0.137. The molecule has 0 heterocycles. The minimum Gasteiger partial charge on any atom is -0.337 e. The third-order valence-corrected chi connectivity index (χ3v) is 2.29. The SMILES string of the molecule is NCCNC(=O)Nc1ccc(Cl)c(C(F)(F)F)c1. The molecule has 0 aliphatic rings. The van der Waals surface area contributed by atoms with E-state index in [0.29, 0.717) is 0 Å². The molecule has 0 atom stereocenters. The van der Waals surface area contributed by atoms with E-state index in [2.05, 4.69) is 10.6 Å². The molecule has 8 heteroatoms. The van der Waals surface area contributed by atoms with Crippen molar-refractivity contribution in [3.05, 3.63) is 28.8 Å². The van der Waals surface area contributed by atoms with E-state index in [0.717, 1.165) is 12.1 Å². The van der Waals surface area contributed by atoms with Crippen LogP contribution < -0.4 is 16.4 Å². The fourth-order valence-corrected chi connectivity index (χ4v) is 1.41. The largest absolute Gasteiger partial charge is 0.417 e. The van der Waals surface area contributed by atoms with Crippen LogP contribution in [-0.4, -0.2) is 19.1 Å². The Kier molecular flexibility index (Phi) is 4.80. The van der Waals surface area contributed by atoms with Crippen molar-refractivity contribution >= 4 is 23.3 Å². The van der Waals surface area contributed by atoms with Crippen molar-refractivity contribution in [1.29, 1.82) is 0 Å². The Morgan fingerprint density at radius 1 is 1.39 bits per heavy atom. The number of rotatable bonds is 3. The highest BCUT2D eigenvalue weighted by atomic mass is 35.5. The summed E-state index contributed by atoms with van der Waals surface area (Å²) in [5, 5.41) is 4.20. The number of urea groups is 1. The van der Waals surface area contributed by atoms with E-state index < -0.39 is 22.8 Å². The highest BCUT2D eigenvalue weighted by Gasteiger charge is 2.33. The first-order chi connectivity index (χ1) is 8.34. The fraction of sp³-hybridized carbons (Fsp3) is 0.300. The van der Waals surface area contributed by atoms with Gasteiger partial charge < -0.3 is 16.4 Å². The summed E-state index contributed by atoms with van der Waals surface area (Å²) < 4.78 is 37.6. The van der Waals surface area contributed by atoms with Crippen molar-refractivity contribution in [3.8, 4) is 0 Å². The number of amides is 2. The Morgan fingerprint density at radius 2 is 2.06 bits per heavy atom. The lowest BCUT2D eigenvalue weighted by Crippen LogP contribution is -2.32. The molecule has 0 unspecified atom stereocenters. The molecule has 0 radical (unpaired) electrons. The number of benzene rings is 1. The number of nitrogens with two attached hydrogens (primary N) is 1. The first-order valence-electron chi connectivity index (χ1n) is 4.96. The maximum Gasteiger partial charge on any atom is 0.417 e. The molecule has 100 valence electrons. The van der Waals surface area contributed by atoms with Gasteiger partial charge in [0.15, 0.2) is 0 Å². The van der Waals surface area contributed by atoms with Crippen molar-refractivity contribution in [1.82, 2.24) is 5.32 Å². The van der Waals surface area contributed by atoms with Crippen molar-refractivity contribution in [2.75, 3.05) is 18.4 Å². The van der Waals surface area contributed by atoms with Gasteiger partial charge in [0.25, 0.3) is 0 Å². The molecule has 18 heavy (non-hydrogen) atoms. The quantitative estimate of drug-likeness (QED) is 0.796. The van der Waals surface area contributed by atoms with Crippen LogP contribution in [0.4, 0.5) is 23.7 Å². The lowest BCUT2D eigenvalue weighted by atomic mass is 10.2. The third kappa shape index (κ3) is 4.08. The average Bonchev–Trinajstić information content (AvgIpc) is 2.27. The Labute approximate surface area is 106 Å². The Hall–Kier alpha value is -1.47. The van der Waals surface area contributed by atoms with Gasteiger partial charge in [-0.3, -0.25) is 0 Å². The Morgan fingerprint density at radius 3 is 2.61 bits per heavy atom. The van der Waals surface area contributed by atoms with Crippen LogP contribution in [0.3, 0.4) is 0 Å². The van der Waals surface area contributed by atoms with Crippen LogP contribution >= 0.6 is 11.6 Å². The maximum absolute atomic E-state index is 12.5. The molecule has 0 aliphatic carbocycles. The molecule has 0 bridgehead atoms. The smallest absolute Gasteiger partial charge is 0.337 e. The van der Waals surface area contributed by atoms with Gasteiger partial charge in [0, 0.05) is 18.8 Å². The standard InChI is InChI=1S/C10H11ClF3N3O/c11-8-2-1-6(5-7(8)10(12,13)14)17-9(18)16-4-3-15/h1-2,5H,3-4,15H2,(H2,16,17,18). The highest BCUT2D eigenvalue weighted by molar-refractivity contribution is 6.31. The van der Waals surface area contributed by atoms with Crippen LogP contribution in [0.2, 0.25) is 5.02 Å². The second kappa shape index (κ2) is 5.92. The van der Waals surface area contributed by atoms with Crippen molar-refractivity contribution in [2.24, 2.45) is 5.73 Å². The van der Waals surface area contributed by atoms with Crippen molar-refractivity contribution in [3.63, 3.8) is 0 Å². The summed E-state index contributed by atoms with van der Waals surface area (Å²) >= 11 is 5.44. The molecule has 0 spiro atoms. The van der Waals surface area contributed by atoms with E-state index in [4.69, 9.17) is 17.3 Å². The zero-order valence-electron chi connectivity index (χ0n) is 9.14. The number of nitrogens with one attached hydrogen (secondary N) is 2. The van der Waals surface area contributed by atoms with Gasteiger partial charge in [-0.2, -0.15) is 13.2 Å². The van der Waals surface area contributed by atoms with Gasteiger partial charge in [0.05, 0.1) is 10.6 Å². The van der Waals surface area contributed by atoms with Crippen LogP contribution in [0, 0.1) is 0 Å². The Bertz CT molecular complexity index is 437. The number of carbonyl (C=O) groups excluding carboxylic acids is 1. The predicted octanol–water partition coefficient (Wildman–Crippen LogP) is 2.44. The molecule has 4 N–H and O–H groups in total. The van der Waals surface area contributed by atoms with Crippen molar-refractivity contribution < 1.29 is 18.0 Å². The molecule has 2 amide bonds. The summed E-state index contributed by atoms with van der Waals surface area (Å²) in [6.07, 6.45) is -4.57. The van der Waals surface area contributed by atoms with Gasteiger partial charge in [-0.05, 0) is 18.2 Å². The van der Waals surface area contributed by atoms with E-state index in [9.17, 15) is 18.0 Å². The van der Waals surface area contributed by atoms with Gasteiger partial charge in [0.1, 0.15) is 0 Å². The number of carbonyl (C=O) groups is 1. The minimum absolute atomic E-state index is 0.00115. The Balaban J connectivity index is 2.83. The first kappa shape index (κ1) is 14.6. The topological polar surface area (TPSA) is 67.1 Å². The number of anilines is 1. The zero-order valence-corrected chi connectivity index (χ0v) is 9.90. The summed E-state index contributed by atoms with van der Waals surface area (Å²) in [6.45, 7) is 0.466. The van der Waals surface area contributed by atoms with E-state index in [1.807, 2.05) is 0 Å². The van der Waals surface area contributed by atoms with E-state index in [-0.39, 0.29) is 18.8 Å². The summed E-state index contributed by atoms with van der Waals surface area (Å²) in [7, 11) is 0. The van der Waals surface area contributed by atoms with E-state index in [1.165, 1.54) is 6.07 Å². The molecule has 0 saturated heterocycles. The van der Waals surface area contributed by atoms with Crippen LogP contribution in [0.1, 0.15) is 5.56 Å². The van der Waals surface area contributed by atoms with E-state index in [1.54, 1.807) is 0 Å². The maximum atomic E-state index is 12.5. The van der Waals surface area contributed by atoms with Crippen molar-refractivity contribution in [2.45, 2.75) is 6.18 Å². The predicted molar refractivity (Wildman–Crippen MR) is 62.5 cm³/mol. The normalized spacial score (nSPS) is 11.2. The molecule has 0 saturated carbocycles. The molecule has 0 fully saturated rings. The number of hydrogen-bond donors (Lipinski definition) is 3. The summed E-state index contributed by atoms with van der Waals surface area (Å²) in [4.78, 5) is 11.2. The van der Waals surface area contributed by atoms with Gasteiger partial charge in [-0.1, -0.05) is 11.6 Å². The third-order valence-electron chi connectivity index (χ3n) is 1.96. The van der Waals surface area contributed by atoms with Crippen LogP contribution in [0.5, 0.6) is 0 Å². The number of hydrogen-bond acceptors (Lipinski definition) is 2. The second-order valence-corrected chi connectivity index (χ2v) is 3.77. The first-order valence-corrected chi connectivity index (χ1v) is 5.34. The molecule has 1 rings (SSSR count). The second-order valence-electron chi connectivity index (χ2n) is 3.36. The fourth-order valence-electron chi connectivity index (χ4n) is 1.18. The number of alkyl halides is 3. The van der Waals surface area contributed by atoms with Gasteiger partial charge in [-0.15, -0.1) is 0 Å². The molecule has 1 aromatic carbocycles. The van der Waals surface area contributed by atoms with Gasteiger partial charge in [-0.25, -0.2) is 4.79 Å². The molecular weight excluding hydrogens is 271 g/mol. The van der Waals surface area contributed by atoms with Crippen LogP contribution in [-0.2, 0) is 6.18 Å². The van der Waals surface area contributed by atoms with Gasteiger partial charge in [0.2, 0.25) is 0 Å². The van der Waals surface area contributed by atoms with E-state index >= 15 is 0 Å². The molecule has 1 aromatic rings. The molecule has 0 aromatic heterocycles. The molecule has 4 nitrogen and oxygen atoms in total. The zero-order chi connectivity index (χ0) is 13.8. The summed E-state index contributed by atoms with van der Waals surface area (Å²) in [5.41, 5.74) is 4.16. The lowest BCUT2D eigenvalue weighted by Gasteiger charge is -2.12. The monoisotopic (exact) mass is 281 g/mol. The van der Waals surface area contributed by atoms with Gasteiger partial charge >= 0.3 is 12.2 Å². The highest BCUT2D eigenvalue weighted by Crippen LogP contribution is 2.36. The molecular formula is C10H11ClF3N3O. The number of halogens is 4. The summed E-state index contributed by atoms with van der Waals surface area (Å²) in [5.74, 6) is 0. The minimum atomic E-state index is -4.57.